The molecule has 3 rings (SSSR count). The number of carbonyl (C=O) groups is 1. The van der Waals surface area contributed by atoms with E-state index < -0.39 is 21.4 Å². The van der Waals surface area contributed by atoms with Crippen LogP contribution in [0.5, 0.6) is 0 Å². The first-order chi connectivity index (χ1) is 9.28. The Hall–Kier alpha value is -1.40. The lowest BCUT2D eigenvalue weighted by atomic mass is 9.97. The molecule has 2 unspecified atom stereocenters. The second-order valence-electron chi connectivity index (χ2n) is 6.06. The first-order valence-electron chi connectivity index (χ1n) is 6.68. The van der Waals surface area contributed by atoms with Gasteiger partial charge in [0.1, 0.15) is 6.04 Å². The van der Waals surface area contributed by atoms with Crippen molar-refractivity contribution in [1.82, 2.24) is 5.32 Å². The Labute approximate surface area is 118 Å². The van der Waals surface area contributed by atoms with Crippen LogP contribution in [-0.4, -0.2) is 31.4 Å². The van der Waals surface area contributed by atoms with Crippen LogP contribution in [0.3, 0.4) is 0 Å². The molecule has 1 saturated heterocycles. The zero-order chi connectivity index (χ0) is 14.5. The molecule has 0 aliphatic carbocycles. The van der Waals surface area contributed by atoms with Crippen molar-refractivity contribution in [3.05, 3.63) is 29.3 Å². The Morgan fingerprint density at radius 1 is 1.40 bits per heavy atom. The standard InChI is InChI=1S/C14H18N2O3S/c1-9-3-4-11-10(7-9)12(13(17)15-11)16-14(2)5-6-20(18,19)8-14/h3-4,7,12,16H,5-6,8H2,1-2H3,(H,15,17). The van der Waals surface area contributed by atoms with Gasteiger partial charge in [-0.05, 0) is 26.3 Å². The van der Waals surface area contributed by atoms with E-state index >= 15 is 0 Å². The highest BCUT2D eigenvalue weighted by atomic mass is 32.2. The predicted molar refractivity (Wildman–Crippen MR) is 77.4 cm³/mol. The third-order valence-electron chi connectivity index (χ3n) is 4.03. The summed E-state index contributed by atoms with van der Waals surface area (Å²) in [7, 11) is -2.99. The highest BCUT2D eigenvalue weighted by Crippen LogP contribution is 2.35. The molecule has 2 heterocycles. The van der Waals surface area contributed by atoms with Crippen LogP contribution in [0.15, 0.2) is 18.2 Å². The summed E-state index contributed by atoms with van der Waals surface area (Å²) in [5, 5.41) is 6.09. The van der Waals surface area contributed by atoms with Crippen LogP contribution in [-0.2, 0) is 14.6 Å². The smallest absolute Gasteiger partial charge is 0.246 e. The molecule has 2 N–H and O–H groups in total. The molecule has 1 aromatic rings. The van der Waals surface area contributed by atoms with Gasteiger partial charge >= 0.3 is 0 Å². The van der Waals surface area contributed by atoms with Crippen molar-refractivity contribution in [3.8, 4) is 0 Å². The molecule has 1 amide bonds. The van der Waals surface area contributed by atoms with Crippen molar-refractivity contribution < 1.29 is 13.2 Å². The molecule has 0 radical (unpaired) electrons. The van der Waals surface area contributed by atoms with Crippen LogP contribution in [0.4, 0.5) is 5.69 Å². The van der Waals surface area contributed by atoms with Crippen LogP contribution >= 0.6 is 0 Å². The van der Waals surface area contributed by atoms with Crippen molar-refractivity contribution in [2.24, 2.45) is 0 Å². The largest absolute Gasteiger partial charge is 0.324 e. The number of anilines is 1. The molecular formula is C14H18N2O3S. The van der Waals surface area contributed by atoms with E-state index in [1.807, 2.05) is 32.0 Å². The van der Waals surface area contributed by atoms with E-state index in [-0.39, 0.29) is 17.4 Å². The van der Waals surface area contributed by atoms with E-state index in [2.05, 4.69) is 10.6 Å². The van der Waals surface area contributed by atoms with Crippen molar-refractivity contribution in [2.45, 2.75) is 31.8 Å². The lowest BCUT2D eigenvalue weighted by Gasteiger charge is -2.27. The summed E-state index contributed by atoms with van der Waals surface area (Å²) < 4.78 is 23.3. The van der Waals surface area contributed by atoms with E-state index in [0.29, 0.717) is 6.42 Å². The number of hydrogen-bond acceptors (Lipinski definition) is 4. The third-order valence-corrected chi connectivity index (χ3v) is 5.94. The lowest BCUT2D eigenvalue weighted by Crippen LogP contribution is -2.47. The fraction of sp³-hybridized carbons (Fsp3) is 0.500. The first-order valence-corrected chi connectivity index (χ1v) is 8.50. The average molecular weight is 294 g/mol. The molecule has 0 bridgehead atoms. The fourth-order valence-electron chi connectivity index (χ4n) is 3.00. The zero-order valence-corrected chi connectivity index (χ0v) is 12.4. The van der Waals surface area contributed by atoms with Crippen LogP contribution < -0.4 is 10.6 Å². The monoisotopic (exact) mass is 294 g/mol. The molecule has 20 heavy (non-hydrogen) atoms. The molecule has 1 aromatic carbocycles. The molecule has 108 valence electrons. The summed E-state index contributed by atoms with van der Waals surface area (Å²) in [4.78, 5) is 12.1. The number of amides is 1. The van der Waals surface area contributed by atoms with E-state index in [0.717, 1.165) is 16.8 Å². The van der Waals surface area contributed by atoms with Crippen LogP contribution in [0, 0.1) is 6.92 Å². The fourth-order valence-corrected chi connectivity index (χ4v) is 5.10. The van der Waals surface area contributed by atoms with Gasteiger partial charge in [0.2, 0.25) is 5.91 Å². The van der Waals surface area contributed by atoms with Gasteiger partial charge in [0, 0.05) is 16.8 Å². The van der Waals surface area contributed by atoms with Gasteiger partial charge in [-0.2, -0.15) is 0 Å². The van der Waals surface area contributed by atoms with Gasteiger partial charge in [-0.25, -0.2) is 8.42 Å². The molecule has 5 nitrogen and oxygen atoms in total. The summed E-state index contributed by atoms with van der Waals surface area (Å²) in [6.07, 6.45) is 0.542. The molecular weight excluding hydrogens is 276 g/mol. The number of rotatable bonds is 2. The minimum atomic E-state index is -2.99. The summed E-state index contributed by atoms with van der Waals surface area (Å²) in [6, 6.07) is 5.34. The molecule has 0 aromatic heterocycles. The third kappa shape index (κ3) is 2.33. The van der Waals surface area contributed by atoms with Gasteiger partial charge in [0.25, 0.3) is 0 Å². The Kier molecular flexibility index (Phi) is 2.92. The SMILES string of the molecule is Cc1ccc2c(c1)C(NC1(C)CCS(=O)(=O)C1)C(=O)N2. The minimum absolute atomic E-state index is 0.0882. The number of fused-ring (bicyclic) bond motifs is 1. The van der Waals surface area contributed by atoms with Gasteiger partial charge in [0.15, 0.2) is 9.84 Å². The maximum Gasteiger partial charge on any atom is 0.246 e. The highest BCUT2D eigenvalue weighted by Gasteiger charge is 2.43. The molecule has 0 saturated carbocycles. The van der Waals surface area contributed by atoms with Gasteiger partial charge in [-0.1, -0.05) is 17.7 Å². The topological polar surface area (TPSA) is 75.3 Å². The summed E-state index contributed by atoms with van der Waals surface area (Å²) in [5.74, 6) is 0.160. The first kappa shape index (κ1) is 13.6. The van der Waals surface area contributed by atoms with E-state index in [9.17, 15) is 13.2 Å². The normalized spacial score (nSPS) is 31.1. The van der Waals surface area contributed by atoms with Gasteiger partial charge in [-0.3, -0.25) is 10.1 Å². The molecule has 2 aliphatic heterocycles. The number of sulfone groups is 1. The molecule has 1 fully saturated rings. The number of carbonyl (C=O) groups excluding carboxylic acids is 1. The van der Waals surface area contributed by atoms with Crippen LogP contribution in [0.1, 0.15) is 30.5 Å². The van der Waals surface area contributed by atoms with Crippen LogP contribution in [0.2, 0.25) is 0 Å². The Morgan fingerprint density at radius 3 is 2.80 bits per heavy atom. The number of benzene rings is 1. The van der Waals surface area contributed by atoms with Gasteiger partial charge in [0.05, 0.1) is 11.5 Å². The highest BCUT2D eigenvalue weighted by molar-refractivity contribution is 7.91. The van der Waals surface area contributed by atoms with Gasteiger partial charge < -0.3 is 5.32 Å². The van der Waals surface area contributed by atoms with E-state index in [1.54, 1.807) is 0 Å². The second-order valence-corrected chi connectivity index (χ2v) is 8.24. The minimum Gasteiger partial charge on any atom is -0.324 e. The summed E-state index contributed by atoms with van der Waals surface area (Å²) in [6.45, 7) is 3.85. The van der Waals surface area contributed by atoms with E-state index in [1.165, 1.54) is 0 Å². The number of hydrogen-bond donors (Lipinski definition) is 2. The molecule has 2 atom stereocenters. The van der Waals surface area contributed by atoms with E-state index in [4.69, 9.17) is 0 Å². The van der Waals surface area contributed by atoms with Crippen molar-refractivity contribution in [2.75, 3.05) is 16.8 Å². The quantitative estimate of drug-likeness (QED) is 0.858. The Morgan fingerprint density at radius 2 is 2.15 bits per heavy atom. The van der Waals surface area contributed by atoms with Crippen molar-refractivity contribution in [3.63, 3.8) is 0 Å². The number of aryl methyl sites for hydroxylation is 1. The lowest BCUT2D eigenvalue weighted by molar-refractivity contribution is -0.118. The summed E-state index contributed by atoms with van der Waals surface area (Å²) in [5.41, 5.74) is 2.26. The van der Waals surface area contributed by atoms with Crippen molar-refractivity contribution >= 4 is 21.4 Å². The van der Waals surface area contributed by atoms with Crippen LogP contribution in [0.25, 0.3) is 0 Å². The Balaban J connectivity index is 1.89. The molecule has 2 aliphatic rings. The Bertz CT molecular complexity index is 684. The maximum atomic E-state index is 12.1. The predicted octanol–water partition coefficient (Wildman–Crippen LogP) is 1.16. The second kappa shape index (κ2) is 4.30. The van der Waals surface area contributed by atoms with Crippen molar-refractivity contribution in [1.29, 1.82) is 0 Å². The molecule has 6 heteroatoms. The molecule has 0 spiro atoms. The maximum absolute atomic E-state index is 12.1. The number of nitrogens with one attached hydrogen (secondary N) is 2. The zero-order valence-electron chi connectivity index (χ0n) is 11.6. The van der Waals surface area contributed by atoms with Gasteiger partial charge in [-0.15, -0.1) is 0 Å². The average Bonchev–Trinajstić information content (AvgIpc) is 2.78. The summed E-state index contributed by atoms with van der Waals surface area (Å²) >= 11 is 0.